The molecule has 0 saturated carbocycles. The van der Waals surface area contributed by atoms with Crippen molar-refractivity contribution in [2.24, 2.45) is 0 Å². The van der Waals surface area contributed by atoms with Gasteiger partial charge in [-0.3, -0.25) is 4.40 Å². The predicted molar refractivity (Wildman–Crippen MR) is 127 cm³/mol. The molecule has 0 amide bonds. The van der Waals surface area contributed by atoms with Gasteiger partial charge in [0.05, 0.1) is 16.8 Å². The van der Waals surface area contributed by atoms with E-state index in [1.54, 1.807) is 36.7 Å². The first-order valence-electron chi connectivity index (χ1n) is 10.00. The molecule has 7 nitrogen and oxygen atoms in total. The van der Waals surface area contributed by atoms with Crippen LogP contribution in [0.15, 0.2) is 72.0 Å². The highest BCUT2D eigenvalue weighted by atomic mass is 32.2. The molecule has 31 heavy (non-hydrogen) atoms. The number of hydrogen-bond acceptors (Lipinski definition) is 6. The van der Waals surface area contributed by atoms with Crippen LogP contribution >= 0.6 is 0 Å². The van der Waals surface area contributed by atoms with Crippen molar-refractivity contribution in [2.75, 3.05) is 30.6 Å². The molecule has 0 aliphatic heterocycles. The lowest BCUT2D eigenvalue weighted by Crippen LogP contribution is -2.08. The minimum atomic E-state index is -3.23. The lowest BCUT2D eigenvalue weighted by Gasteiger charge is -2.14. The van der Waals surface area contributed by atoms with Gasteiger partial charge >= 0.3 is 0 Å². The first kappa shape index (κ1) is 22.3. The summed E-state index contributed by atoms with van der Waals surface area (Å²) in [5, 5.41) is 3.34. The van der Waals surface area contributed by atoms with Gasteiger partial charge < -0.3 is 10.2 Å². The van der Waals surface area contributed by atoms with Crippen molar-refractivity contribution >= 4 is 32.7 Å². The minimum absolute atomic E-state index is 0.292. The Hall–Kier alpha value is -3.39. The van der Waals surface area contributed by atoms with Crippen molar-refractivity contribution in [3.8, 4) is 11.3 Å². The molecular formula is C23H27N5O2S. The van der Waals surface area contributed by atoms with E-state index < -0.39 is 9.84 Å². The first-order chi connectivity index (χ1) is 14.8. The zero-order valence-electron chi connectivity index (χ0n) is 18.4. The van der Waals surface area contributed by atoms with Crippen LogP contribution in [0.2, 0.25) is 0 Å². The smallest absolute Gasteiger partial charge is 0.180 e. The molecule has 162 valence electrons. The predicted octanol–water partition coefficient (Wildman–Crippen LogP) is 4.64. The Morgan fingerprint density at radius 2 is 1.71 bits per heavy atom. The van der Waals surface area contributed by atoms with Crippen molar-refractivity contribution in [1.82, 2.24) is 14.4 Å². The summed E-state index contributed by atoms with van der Waals surface area (Å²) in [7, 11) is 0.760. The first-order valence-corrected chi connectivity index (χ1v) is 11.9. The van der Waals surface area contributed by atoms with Gasteiger partial charge in [-0.25, -0.2) is 18.4 Å². The summed E-state index contributed by atoms with van der Waals surface area (Å²) in [5.74, 6) is 0.641. The van der Waals surface area contributed by atoms with Crippen molar-refractivity contribution in [2.45, 2.75) is 18.7 Å². The van der Waals surface area contributed by atoms with Gasteiger partial charge in [-0.05, 0) is 30.3 Å². The fraction of sp³-hybridized carbons (Fsp3) is 0.217. The Morgan fingerprint density at radius 1 is 1.00 bits per heavy atom. The van der Waals surface area contributed by atoms with Crippen LogP contribution in [0.3, 0.4) is 0 Å². The van der Waals surface area contributed by atoms with E-state index >= 15 is 0 Å². The number of rotatable bonds is 5. The van der Waals surface area contributed by atoms with Crippen molar-refractivity contribution < 1.29 is 8.42 Å². The molecule has 0 saturated heterocycles. The SMILES string of the molecule is CC.CN(C)c1cccc(Nc2nccn3c(-c4ccc(S(C)(=O)=O)cc4)cnc23)c1. The Labute approximate surface area is 183 Å². The Bertz CT molecular complexity index is 1280. The maximum Gasteiger partial charge on any atom is 0.180 e. The third-order valence-electron chi connectivity index (χ3n) is 4.63. The molecular weight excluding hydrogens is 410 g/mol. The number of fused-ring (bicyclic) bond motifs is 1. The standard InChI is InChI=1S/C21H21N5O2S.C2H6/c1-25(2)17-6-4-5-16(13-17)24-20-21-23-14-19(26(21)12-11-22-20)15-7-9-18(10-8-15)29(3,27)28;1-2/h4-14H,1-3H3,(H,22,24);1-2H3. The molecule has 4 aromatic rings. The molecule has 0 atom stereocenters. The zero-order chi connectivity index (χ0) is 22.6. The average molecular weight is 438 g/mol. The third-order valence-corrected chi connectivity index (χ3v) is 5.76. The van der Waals surface area contributed by atoms with Gasteiger partial charge in [0.1, 0.15) is 0 Å². The van der Waals surface area contributed by atoms with Gasteiger partial charge in [0.2, 0.25) is 0 Å². The lowest BCUT2D eigenvalue weighted by atomic mass is 10.2. The number of anilines is 3. The van der Waals surface area contributed by atoms with E-state index in [0.29, 0.717) is 16.4 Å². The van der Waals surface area contributed by atoms with Crippen LogP contribution in [0.4, 0.5) is 17.2 Å². The summed E-state index contributed by atoms with van der Waals surface area (Å²) < 4.78 is 25.3. The maximum absolute atomic E-state index is 11.7. The number of nitrogens with one attached hydrogen (secondary N) is 1. The molecule has 2 aromatic carbocycles. The van der Waals surface area contributed by atoms with Gasteiger partial charge in [0.15, 0.2) is 21.3 Å². The second-order valence-corrected chi connectivity index (χ2v) is 8.99. The minimum Gasteiger partial charge on any atom is -0.378 e. The van der Waals surface area contributed by atoms with Crippen LogP contribution in [-0.2, 0) is 9.84 Å². The number of nitrogens with zero attached hydrogens (tertiary/aromatic N) is 4. The van der Waals surface area contributed by atoms with E-state index in [4.69, 9.17) is 0 Å². The second-order valence-electron chi connectivity index (χ2n) is 6.98. The van der Waals surface area contributed by atoms with E-state index in [9.17, 15) is 8.42 Å². The van der Waals surface area contributed by atoms with Crippen molar-refractivity contribution in [1.29, 1.82) is 0 Å². The molecule has 4 rings (SSSR count). The van der Waals surface area contributed by atoms with Gasteiger partial charge in [-0.1, -0.05) is 32.0 Å². The number of aromatic nitrogens is 3. The van der Waals surface area contributed by atoms with Gasteiger partial charge in [0.25, 0.3) is 0 Å². The molecule has 0 aliphatic rings. The monoisotopic (exact) mass is 437 g/mol. The van der Waals surface area contributed by atoms with E-state index in [0.717, 1.165) is 22.6 Å². The van der Waals surface area contributed by atoms with Crippen LogP contribution in [0.5, 0.6) is 0 Å². The molecule has 2 aromatic heterocycles. The quantitative estimate of drug-likeness (QED) is 0.490. The number of imidazole rings is 1. The molecule has 0 fully saturated rings. The summed E-state index contributed by atoms with van der Waals surface area (Å²) in [4.78, 5) is 11.3. The lowest BCUT2D eigenvalue weighted by molar-refractivity contribution is 0.602. The van der Waals surface area contributed by atoms with Crippen LogP contribution in [0.1, 0.15) is 13.8 Å². The van der Waals surface area contributed by atoms with Gasteiger partial charge in [0, 0.05) is 49.7 Å². The Kier molecular flexibility index (Phi) is 6.60. The summed E-state index contributed by atoms with van der Waals surface area (Å²) >= 11 is 0. The summed E-state index contributed by atoms with van der Waals surface area (Å²) in [5.41, 5.74) is 4.41. The van der Waals surface area contributed by atoms with E-state index in [-0.39, 0.29) is 0 Å². The van der Waals surface area contributed by atoms with Gasteiger partial charge in [-0.2, -0.15) is 0 Å². The van der Waals surface area contributed by atoms with Crippen molar-refractivity contribution in [3.05, 3.63) is 67.1 Å². The molecule has 0 unspecified atom stereocenters. The van der Waals surface area contributed by atoms with Gasteiger partial charge in [-0.15, -0.1) is 0 Å². The summed E-state index contributed by atoms with van der Waals surface area (Å²) in [6, 6.07) is 14.8. The molecule has 0 aliphatic carbocycles. The molecule has 0 radical (unpaired) electrons. The van der Waals surface area contributed by atoms with Crippen LogP contribution in [0.25, 0.3) is 16.9 Å². The third kappa shape index (κ3) is 4.86. The Balaban J connectivity index is 0.00000132. The van der Waals surface area contributed by atoms with E-state index in [1.165, 1.54) is 6.26 Å². The molecule has 2 heterocycles. The highest BCUT2D eigenvalue weighted by Crippen LogP contribution is 2.27. The van der Waals surface area contributed by atoms with Crippen LogP contribution in [0, 0.1) is 0 Å². The molecule has 8 heteroatoms. The van der Waals surface area contributed by atoms with Crippen LogP contribution in [-0.4, -0.2) is 43.1 Å². The van der Waals surface area contributed by atoms with E-state index in [1.807, 2.05) is 67.7 Å². The van der Waals surface area contributed by atoms with E-state index in [2.05, 4.69) is 15.3 Å². The highest BCUT2D eigenvalue weighted by molar-refractivity contribution is 7.90. The molecule has 0 spiro atoms. The summed E-state index contributed by atoms with van der Waals surface area (Å²) in [6.07, 6.45) is 6.50. The Morgan fingerprint density at radius 3 is 2.35 bits per heavy atom. The topological polar surface area (TPSA) is 79.6 Å². The highest BCUT2D eigenvalue weighted by Gasteiger charge is 2.12. The number of benzene rings is 2. The summed E-state index contributed by atoms with van der Waals surface area (Å²) in [6.45, 7) is 4.00. The number of hydrogen-bond donors (Lipinski definition) is 1. The second kappa shape index (κ2) is 9.18. The molecule has 0 bridgehead atoms. The maximum atomic E-state index is 11.7. The average Bonchev–Trinajstić information content (AvgIpc) is 3.20. The normalized spacial score (nSPS) is 11.0. The molecule has 1 N–H and O–H groups in total. The number of sulfone groups is 1. The fourth-order valence-electron chi connectivity index (χ4n) is 3.09. The zero-order valence-corrected chi connectivity index (χ0v) is 19.2. The largest absolute Gasteiger partial charge is 0.378 e. The fourth-order valence-corrected chi connectivity index (χ4v) is 3.72. The van der Waals surface area contributed by atoms with Crippen molar-refractivity contribution in [3.63, 3.8) is 0 Å². The van der Waals surface area contributed by atoms with Crippen LogP contribution < -0.4 is 10.2 Å².